The Morgan fingerprint density at radius 2 is 1.83 bits per heavy atom. The van der Waals surface area contributed by atoms with Crippen LogP contribution in [0.2, 0.25) is 0 Å². The fourth-order valence-corrected chi connectivity index (χ4v) is 2.69. The molecule has 0 fully saturated rings. The molecule has 122 valence electrons. The Morgan fingerprint density at radius 1 is 1.08 bits per heavy atom. The normalized spacial score (nSPS) is 10.4. The zero-order valence-corrected chi connectivity index (χ0v) is 15.0. The fraction of sp³-hybridized carbons (Fsp3) is 0.111. The molecular formula is C18H16IN3O2. The molecule has 1 heterocycles. The van der Waals surface area contributed by atoms with Crippen LogP contribution in [0.1, 0.15) is 5.69 Å². The largest absolute Gasteiger partial charge is 0.444 e. The first-order valence-corrected chi connectivity index (χ1v) is 8.59. The number of rotatable bonds is 5. The lowest BCUT2D eigenvalue weighted by Crippen LogP contribution is -2.30. The van der Waals surface area contributed by atoms with Crippen molar-refractivity contribution >= 4 is 34.3 Å². The molecule has 3 rings (SSSR count). The number of para-hydroxylation sites is 1. The highest BCUT2D eigenvalue weighted by molar-refractivity contribution is 14.1. The second-order valence-electron chi connectivity index (χ2n) is 5.12. The summed E-state index contributed by atoms with van der Waals surface area (Å²) in [5.74, 6) is 0.592. The summed E-state index contributed by atoms with van der Waals surface area (Å²) in [5, 5.41) is 5.65. The molecule has 0 aliphatic carbocycles. The number of halogens is 1. The topological polar surface area (TPSA) is 67.2 Å². The Morgan fingerprint density at radius 3 is 2.62 bits per heavy atom. The highest BCUT2D eigenvalue weighted by Crippen LogP contribution is 2.18. The number of urea groups is 1. The van der Waals surface area contributed by atoms with Crippen molar-refractivity contribution in [2.75, 3.05) is 11.9 Å². The standard InChI is InChI=1S/C18H16IN3O2/c19-15-8-4-5-9-16(15)22-18(23)20-11-10-14-12-24-17(21-14)13-6-2-1-3-7-13/h1-9,12H,10-11H2,(H2,20,22,23). The van der Waals surface area contributed by atoms with E-state index in [1.54, 1.807) is 6.26 Å². The Bertz CT molecular complexity index is 818. The number of carbonyl (C=O) groups is 1. The third-order valence-electron chi connectivity index (χ3n) is 3.36. The van der Waals surface area contributed by atoms with Crippen LogP contribution in [-0.4, -0.2) is 17.6 Å². The summed E-state index contributed by atoms with van der Waals surface area (Å²) in [6.07, 6.45) is 2.23. The van der Waals surface area contributed by atoms with Crippen molar-refractivity contribution in [3.63, 3.8) is 0 Å². The molecule has 0 saturated heterocycles. The van der Waals surface area contributed by atoms with E-state index < -0.39 is 0 Å². The van der Waals surface area contributed by atoms with E-state index in [0.29, 0.717) is 18.9 Å². The molecule has 0 aliphatic heterocycles. The van der Waals surface area contributed by atoms with E-state index in [1.165, 1.54) is 0 Å². The zero-order chi connectivity index (χ0) is 16.8. The number of benzene rings is 2. The Hall–Kier alpha value is -2.35. The Kier molecular flexibility index (Phi) is 5.47. The van der Waals surface area contributed by atoms with E-state index in [-0.39, 0.29) is 6.03 Å². The van der Waals surface area contributed by atoms with E-state index in [2.05, 4.69) is 38.2 Å². The van der Waals surface area contributed by atoms with Crippen LogP contribution in [0, 0.1) is 3.57 Å². The maximum absolute atomic E-state index is 11.9. The average molecular weight is 433 g/mol. The lowest BCUT2D eigenvalue weighted by Gasteiger charge is -2.08. The second kappa shape index (κ2) is 7.96. The molecule has 0 atom stereocenters. The molecule has 6 heteroatoms. The maximum atomic E-state index is 11.9. The smallest absolute Gasteiger partial charge is 0.319 e. The van der Waals surface area contributed by atoms with Crippen LogP contribution in [0.4, 0.5) is 10.5 Å². The van der Waals surface area contributed by atoms with Gasteiger partial charge in [-0.25, -0.2) is 9.78 Å². The van der Waals surface area contributed by atoms with Gasteiger partial charge >= 0.3 is 6.03 Å². The van der Waals surface area contributed by atoms with Gasteiger partial charge in [-0.2, -0.15) is 0 Å². The fourth-order valence-electron chi connectivity index (χ4n) is 2.17. The molecule has 5 nitrogen and oxygen atoms in total. The minimum Gasteiger partial charge on any atom is -0.444 e. The van der Waals surface area contributed by atoms with Crippen LogP contribution < -0.4 is 10.6 Å². The van der Waals surface area contributed by atoms with E-state index in [4.69, 9.17) is 4.42 Å². The van der Waals surface area contributed by atoms with Crippen molar-refractivity contribution < 1.29 is 9.21 Å². The van der Waals surface area contributed by atoms with Crippen LogP contribution in [0.25, 0.3) is 11.5 Å². The van der Waals surface area contributed by atoms with Crippen LogP contribution >= 0.6 is 22.6 Å². The molecule has 2 aromatic carbocycles. The summed E-state index contributed by atoms with van der Waals surface area (Å²) in [5.41, 5.74) is 2.54. The minimum absolute atomic E-state index is 0.231. The van der Waals surface area contributed by atoms with Gasteiger partial charge in [-0.15, -0.1) is 0 Å². The van der Waals surface area contributed by atoms with Crippen molar-refractivity contribution in [1.82, 2.24) is 10.3 Å². The van der Waals surface area contributed by atoms with Gasteiger partial charge < -0.3 is 15.1 Å². The van der Waals surface area contributed by atoms with Crippen LogP contribution in [0.3, 0.4) is 0 Å². The van der Waals surface area contributed by atoms with Crippen molar-refractivity contribution in [3.05, 3.63) is 70.1 Å². The van der Waals surface area contributed by atoms with Gasteiger partial charge in [-0.1, -0.05) is 30.3 Å². The van der Waals surface area contributed by atoms with Gasteiger partial charge in [-0.05, 0) is 46.9 Å². The van der Waals surface area contributed by atoms with Crippen LogP contribution in [-0.2, 0) is 6.42 Å². The van der Waals surface area contributed by atoms with Gasteiger partial charge in [0, 0.05) is 22.1 Å². The summed E-state index contributed by atoms with van der Waals surface area (Å²) in [6.45, 7) is 0.482. The van der Waals surface area contributed by atoms with E-state index >= 15 is 0 Å². The number of nitrogens with one attached hydrogen (secondary N) is 2. The maximum Gasteiger partial charge on any atom is 0.319 e. The van der Waals surface area contributed by atoms with Crippen molar-refractivity contribution in [3.8, 4) is 11.5 Å². The number of oxazole rings is 1. The van der Waals surface area contributed by atoms with E-state index in [0.717, 1.165) is 20.5 Å². The predicted molar refractivity (Wildman–Crippen MR) is 102 cm³/mol. The molecule has 0 bridgehead atoms. The molecule has 0 spiro atoms. The summed E-state index contributed by atoms with van der Waals surface area (Å²) in [4.78, 5) is 16.3. The number of hydrogen-bond donors (Lipinski definition) is 2. The van der Waals surface area contributed by atoms with Gasteiger partial charge in [0.25, 0.3) is 0 Å². The quantitative estimate of drug-likeness (QED) is 0.590. The third kappa shape index (κ3) is 4.35. The number of carbonyl (C=O) groups excluding carboxylic acids is 1. The highest BCUT2D eigenvalue weighted by Gasteiger charge is 2.07. The number of anilines is 1. The molecule has 2 N–H and O–H groups in total. The molecule has 1 aromatic heterocycles. The summed E-state index contributed by atoms with van der Waals surface area (Å²) >= 11 is 2.18. The van der Waals surface area contributed by atoms with Crippen LogP contribution in [0.5, 0.6) is 0 Å². The number of hydrogen-bond acceptors (Lipinski definition) is 3. The monoisotopic (exact) mass is 433 g/mol. The zero-order valence-electron chi connectivity index (χ0n) is 12.8. The first-order valence-electron chi connectivity index (χ1n) is 7.51. The lowest BCUT2D eigenvalue weighted by atomic mass is 10.2. The summed E-state index contributed by atoms with van der Waals surface area (Å²) in [7, 11) is 0. The van der Waals surface area contributed by atoms with E-state index in [1.807, 2.05) is 54.6 Å². The highest BCUT2D eigenvalue weighted by atomic mass is 127. The minimum atomic E-state index is -0.231. The predicted octanol–water partition coefficient (Wildman–Crippen LogP) is 4.31. The summed E-state index contributed by atoms with van der Waals surface area (Å²) in [6, 6.07) is 17.1. The Balaban J connectivity index is 1.49. The molecule has 2 amide bonds. The first kappa shape index (κ1) is 16.5. The van der Waals surface area contributed by atoms with Gasteiger partial charge in [0.05, 0.1) is 11.4 Å². The van der Waals surface area contributed by atoms with Gasteiger partial charge in [0.2, 0.25) is 5.89 Å². The molecule has 0 saturated carbocycles. The van der Waals surface area contributed by atoms with Gasteiger partial charge in [-0.3, -0.25) is 0 Å². The average Bonchev–Trinajstić information content (AvgIpc) is 3.07. The van der Waals surface area contributed by atoms with Gasteiger partial charge in [0.15, 0.2) is 0 Å². The summed E-state index contributed by atoms with van der Waals surface area (Å²) < 4.78 is 6.47. The molecular weight excluding hydrogens is 417 g/mol. The number of aromatic nitrogens is 1. The second-order valence-corrected chi connectivity index (χ2v) is 6.28. The molecule has 0 unspecified atom stereocenters. The Labute approximate surface area is 153 Å². The third-order valence-corrected chi connectivity index (χ3v) is 4.30. The molecule has 0 aliphatic rings. The number of amides is 2. The van der Waals surface area contributed by atoms with Gasteiger partial charge in [0.1, 0.15) is 6.26 Å². The molecule has 3 aromatic rings. The number of nitrogens with zero attached hydrogens (tertiary/aromatic N) is 1. The van der Waals surface area contributed by atoms with Crippen LogP contribution in [0.15, 0.2) is 65.3 Å². The SMILES string of the molecule is O=C(NCCc1coc(-c2ccccc2)n1)Nc1ccccc1I. The molecule has 0 radical (unpaired) electrons. The van der Waals surface area contributed by atoms with Crippen molar-refractivity contribution in [1.29, 1.82) is 0 Å². The van der Waals surface area contributed by atoms with Crippen molar-refractivity contribution in [2.45, 2.75) is 6.42 Å². The lowest BCUT2D eigenvalue weighted by molar-refractivity contribution is 0.252. The van der Waals surface area contributed by atoms with E-state index in [9.17, 15) is 4.79 Å². The first-order chi connectivity index (χ1) is 11.7. The van der Waals surface area contributed by atoms with Crippen molar-refractivity contribution in [2.24, 2.45) is 0 Å². The molecule has 24 heavy (non-hydrogen) atoms.